The second-order valence-corrected chi connectivity index (χ2v) is 7.34. The van der Waals surface area contributed by atoms with Gasteiger partial charge in [-0.3, -0.25) is 20.0 Å². The van der Waals surface area contributed by atoms with Crippen LogP contribution in [0.3, 0.4) is 0 Å². The summed E-state index contributed by atoms with van der Waals surface area (Å²) in [5, 5.41) is 57.0. The van der Waals surface area contributed by atoms with Gasteiger partial charge < -0.3 is 56.5 Å². The molecule has 2 aromatic heterocycles. The SMILES string of the molecule is CCc1cc(C=NCCc2ccccn2)c([O-])c(C=NCCc2ccccn2)c1.O=[N+]([O-])[O-].O=[N+]([O-])[O-].O=[N+]([O-])[O-].[Cu+2].[Cu+2].[OH3+]. The van der Waals surface area contributed by atoms with Gasteiger partial charge in [0.15, 0.2) is 0 Å². The van der Waals surface area contributed by atoms with Crippen molar-refractivity contribution in [3.8, 4) is 5.75 Å². The van der Waals surface area contributed by atoms with Gasteiger partial charge in [-0.2, -0.15) is 0 Å². The maximum absolute atomic E-state index is 12.8. The summed E-state index contributed by atoms with van der Waals surface area (Å²) in [7, 11) is 0. The quantitative estimate of drug-likeness (QED) is 0.101. The number of pyridine rings is 2. The summed E-state index contributed by atoms with van der Waals surface area (Å²) in [4.78, 5) is 42.2. The molecule has 2 radical (unpaired) electrons. The molecule has 3 aromatic rings. The van der Waals surface area contributed by atoms with E-state index in [0.717, 1.165) is 36.2 Å². The molecule has 0 saturated carbocycles. The molecule has 20 heteroatoms. The van der Waals surface area contributed by atoms with Crippen LogP contribution in [0.15, 0.2) is 70.9 Å². The molecule has 3 N–H and O–H groups in total. The summed E-state index contributed by atoms with van der Waals surface area (Å²) in [5.41, 5.74) is 4.31. The Morgan fingerprint density at radius 1 is 0.705 bits per heavy atom. The van der Waals surface area contributed by atoms with Gasteiger partial charge in [-0.1, -0.05) is 36.9 Å². The van der Waals surface area contributed by atoms with Crippen molar-refractivity contribution in [2.75, 3.05) is 13.1 Å². The molecule has 18 nitrogen and oxygen atoms in total. The van der Waals surface area contributed by atoms with Gasteiger partial charge in [0, 0.05) is 62.1 Å². The van der Waals surface area contributed by atoms with Gasteiger partial charge in [0.2, 0.25) is 0 Å². The van der Waals surface area contributed by atoms with Crippen LogP contribution in [0.2, 0.25) is 0 Å². The first kappa shape index (κ1) is 46.2. The summed E-state index contributed by atoms with van der Waals surface area (Å²) >= 11 is 0. The maximum atomic E-state index is 12.8. The second-order valence-electron chi connectivity index (χ2n) is 7.34. The fourth-order valence-electron chi connectivity index (χ4n) is 2.91. The standard InChI is InChI=1S/C24H26N4O.2Cu.3NO3.H2O/c1-2-19-15-20(17-25-13-9-22-7-3-5-11-27-22)24(29)21(16-19)18-26-14-10-23-8-4-6-12-28-23;;;3*2-1(3)4;/h3-8,11-12,15-18,29H,2,9-10,13-14H2,1H3;;;;;;1H2/q;2*+2;3*-1;. The molecule has 0 saturated heterocycles. The first-order chi connectivity index (χ1) is 19.5. The molecule has 246 valence electrons. The number of benzene rings is 1. The number of hydrogen-bond acceptors (Lipinski definition) is 14. The predicted octanol–water partition coefficient (Wildman–Crippen LogP) is 1.79. The molecule has 2 heterocycles. The van der Waals surface area contributed by atoms with Gasteiger partial charge in [-0.25, -0.2) is 0 Å². The van der Waals surface area contributed by atoms with Crippen molar-refractivity contribution in [2.45, 2.75) is 26.2 Å². The molecule has 0 unspecified atom stereocenters. The van der Waals surface area contributed by atoms with Gasteiger partial charge in [0.25, 0.3) is 0 Å². The third kappa shape index (κ3) is 26.2. The van der Waals surface area contributed by atoms with Gasteiger partial charge in [0.1, 0.15) is 0 Å². The van der Waals surface area contributed by atoms with E-state index in [2.05, 4.69) is 26.9 Å². The van der Waals surface area contributed by atoms with Crippen LogP contribution in [0.1, 0.15) is 35.0 Å². The van der Waals surface area contributed by atoms with E-state index in [-0.39, 0.29) is 45.4 Å². The van der Waals surface area contributed by atoms with Crippen molar-refractivity contribution >= 4 is 12.4 Å². The molecule has 0 aliphatic rings. The minimum Gasteiger partial charge on any atom is -0.872 e. The molecular weight excluding hydrogens is 689 g/mol. The maximum Gasteiger partial charge on any atom is 2.00 e. The van der Waals surface area contributed by atoms with Crippen LogP contribution in [-0.2, 0) is 58.9 Å². The number of aromatic nitrogens is 2. The Kier molecular flexibility index (Phi) is 29.8. The predicted molar refractivity (Wildman–Crippen MR) is 152 cm³/mol. The van der Waals surface area contributed by atoms with Gasteiger partial charge >= 0.3 is 34.1 Å². The van der Waals surface area contributed by atoms with Crippen molar-refractivity contribution < 1.29 is 60.0 Å². The van der Waals surface area contributed by atoms with E-state index >= 15 is 0 Å². The zero-order valence-electron chi connectivity index (χ0n) is 22.9. The van der Waals surface area contributed by atoms with Gasteiger partial charge in [-0.15, -0.1) is 0 Å². The van der Waals surface area contributed by atoms with Crippen LogP contribution in [-0.4, -0.2) is 50.7 Å². The second kappa shape index (κ2) is 28.4. The van der Waals surface area contributed by atoms with Crippen LogP contribution in [0.4, 0.5) is 0 Å². The Morgan fingerprint density at radius 3 is 1.32 bits per heavy atom. The molecule has 0 aliphatic carbocycles. The van der Waals surface area contributed by atoms with Crippen molar-refractivity contribution in [2.24, 2.45) is 9.98 Å². The van der Waals surface area contributed by atoms with E-state index in [1.54, 1.807) is 24.8 Å². The molecule has 1 aromatic carbocycles. The summed E-state index contributed by atoms with van der Waals surface area (Å²) in [6, 6.07) is 15.5. The van der Waals surface area contributed by atoms with Crippen LogP contribution in [0, 0.1) is 46.0 Å². The van der Waals surface area contributed by atoms with Crippen LogP contribution < -0.4 is 5.11 Å². The molecular formula is C24H28Cu2N7O11+. The monoisotopic (exact) mass is 716 g/mol. The summed E-state index contributed by atoms with van der Waals surface area (Å²) < 4.78 is 0. The third-order valence-corrected chi connectivity index (χ3v) is 4.52. The van der Waals surface area contributed by atoms with Gasteiger partial charge in [0.05, 0.1) is 15.3 Å². The Labute approximate surface area is 271 Å². The average molecular weight is 718 g/mol. The fraction of sp³-hybridized carbons (Fsp3) is 0.250. The molecule has 0 spiro atoms. The van der Waals surface area contributed by atoms with Gasteiger partial charge in [-0.05, 0) is 47.4 Å². The van der Waals surface area contributed by atoms with E-state index < -0.39 is 15.3 Å². The van der Waals surface area contributed by atoms with E-state index in [4.69, 9.17) is 46.0 Å². The number of hydrogen-bond donors (Lipinski definition) is 0. The average Bonchev–Trinajstić information content (AvgIpc) is 2.91. The molecule has 0 amide bonds. The number of aryl methyl sites for hydroxylation is 1. The van der Waals surface area contributed by atoms with Crippen LogP contribution in [0.5, 0.6) is 5.75 Å². The Morgan fingerprint density at radius 2 is 1.05 bits per heavy atom. The van der Waals surface area contributed by atoms with Crippen LogP contribution >= 0.6 is 0 Å². The van der Waals surface area contributed by atoms with Crippen LogP contribution in [0.25, 0.3) is 0 Å². The Balaban J connectivity index is -0.000000458. The summed E-state index contributed by atoms with van der Waals surface area (Å²) in [6.45, 7) is 3.27. The first-order valence-electron chi connectivity index (χ1n) is 11.5. The first-order valence-corrected chi connectivity index (χ1v) is 11.5. The van der Waals surface area contributed by atoms with Crippen molar-refractivity contribution in [3.05, 3.63) is 135 Å². The molecule has 3 rings (SSSR count). The zero-order chi connectivity index (χ0) is 31.0. The zero-order valence-corrected chi connectivity index (χ0v) is 24.7. The molecule has 44 heavy (non-hydrogen) atoms. The molecule has 0 aliphatic heterocycles. The van der Waals surface area contributed by atoms with E-state index in [1.807, 2.05) is 48.5 Å². The number of rotatable bonds is 9. The molecule has 0 atom stereocenters. The largest absolute Gasteiger partial charge is 2.00 e. The minimum absolute atomic E-state index is 0. The van der Waals surface area contributed by atoms with Crippen molar-refractivity contribution in [3.63, 3.8) is 0 Å². The summed E-state index contributed by atoms with van der Waals surface area (Å²) in [6.07, 6.45) is 9.26. The minimum atomic E-state index is -1.75. The number of nitrogens with zero attached hydrogens (tertiary/aromatic N) is 7. The van der Waals surface area contributed by atoms with Crippen molar-refractivity contribution in [1.82, 2.24) is 9.97 Å². The van der Waals surface area contributed by atoms with E-state index in [9.17, 15) is 5.11 Å². The topological polar surface area (TPSA) is 305 Å². The fourth-order valence-corrected chi connectivity index (χ4v) is 2.91. The number of aliphatic imine (C=N–C) groups is 2. The van der Waals surface area contributed by atoms with E-state index in [0.29, 0.717) is 24.2 Å². The molecule has 0 bridgehead atoms. The Bertz CT molecular complexity index is 1160. The van der Waals surface area contributed by atoms with E-state index in [1.165, 1.54) is 0 Å². The molecule has 0 fully saturated rings. The Hall–Kier alpha value is -4.74. The smallest absolute Gasteiger partial charge is 0.872 e. The summed E-state index contributed by atoms with van der Waals surface area (Å²) in [5.74, 6) is -0.0367. The van der Waals surface area contributed by atoms with Crippen molar-refractivity contribution in [1.29, 1.82) is 0 Å². The normalized spacial score (nSPS) is 9.20. The third-order valence-electron chi connectivity index (χ3n) is 4.52.